The molecule has 7 heteroatoms. The maximum absolute atomic E-state index is 12.4. The van der Waals surface area contributed by atoms with E-state index in [1.807, 2.05) is 0 Å². The van der Waals surface area contributed by atoms with E-state index < -0.39 is 11.9 Å². The summed E-state index contributed by atoms with van der Waals surface area (Å²) in [4.78, 5) is 25.3. The fourth-order valence-electron chi connectivity index (χ4n) is 3.34. The van der Waals surface area contributed by atoms with Gasteiger partial charge in [0.15, 0.2) is 0 Å². The Balaban J connectivity index is 1.77. The first-order chi connectivity index (χ1) is 9.97. The van der Waals surface area contributed by atoms with Crippen LogP contribution in [0.5, 0.6) is 0 Å². The van der Waals surface area contributed by atoms with Crippen molar-refractivity contribution in [1.29, 1.82) is 0 Å². The Labute approximate surface area is 131 Å². The Morgan fingerprint density at radius 3 is 2.71 bits per heavy atom. The highest BCUT2D eigenvalue weighted by Crippen LogP contribution is 2.42. The van der Waals surface area contributed by atoms with Gasteiger partial charge in [0.2, 0.25) is 0 Å². The van der Waals surface area contributed by atoms with Gasteiger partial charge in [0.25, 0.3) is 0 Å². The van der Waals surface area contributed by atoms with Gasteiger partial charge >= 0.3 is 12.0 Å². The number of hydrogen-bond donors (Lipinski definition) is 2. The number of carbonyl (C=O) groups excluding carboxylic acids is 1. The third kappa shape index (κ3) is 2.56. The summed E-state index contributed by atoms with van der Waals surface area (Å²) in [6, 6.07) is 4.28. The number of carboxylic acids is 1. The summed E-state index contributed by atoms with van der Waals surface area (Å²) in [6.45, 7) is 0. The Hall–Kier alpha value is -1.46. The van der Waals surface area contributed by atoms with Crippen LogP contribution in [0.2, 0.25) is 10.0 Å². The lowest BCUT2D eigenvalue weighted by Crippen LogP contribution is -2.40. The standard InChI is InChI=1S/C14H14Cl2N2O3/c15-7-1-3-10(16)11(5-7)17-14(21)18-8-2-4-12(18)9(6-8)13(19)20/h1,3,5,8-9,12H,2,4,6H2,(H,17,21)(H,19,20). The van der Waals surface area contributed by atoms with Crippen LogP contribution in [0.25, 0.3) is 0 Å². The van der Waals surface area contributed by atoms with Crippen LogP contribution in [0.15, 0.2) is 18.2 Å². The zero-order valence-electron chi connectivity index (χ0n) is 11.1. The topological polar surface area (TPSA) is 69.6 Å². The molecule has 2 amide bonds. The van der Waals surface area contributed by atoms with E-state index in [4.69, 9.17) is 23.2 Å². The van der Waals surface area contributed by atoms with Crippen molar-refractivity contribution >= 4 is 40.9 Å². The number of nitrogens with zero attached hydrogens (tertiary/aromatic N) is 1. The normalized spacial score (nSPS) is 27.0. The maximum Gasteiger partial charge on any atom is 0.322 e. The minimum Gasteiger partial charge on any atom is -0.481 e. The number of halogens is 2. The molecule has 0 aliphatic carbocycles. The summed E-state index contributed by atoms with van der Waals surface area (Å²) in [6.07, 6.45) is 2.11. The number of hydrogen-bond acceptors (Lipinski definition) is 2. The second-order valence-corrected chi connectivity index (χ2v) is 6.28. The van der Waals surface area contributed by atoms with Gasteiger partial charge in [-0.3, -0.25) is 4.79 Å². The van der Waals surface area contributed by atoms with Crippen molar-refractivity contribution in [2.75, 3.05) is 5.32 Å². The van der Waals surface area contributed by atoms with Crippen LogP contribution in [-0.4, -0.2) is 34.1 Å². The molecule has 3 unspecified atom stereocenters. The number of rotatable bonds is 2. The van der Waals surface area contributed by atoms with Crippen LogP contribution in [0.3, 0.4) is 0 Å². The Morgan fingerprint density at radius 1 is 1.29 bits per heavy atom. The van der Waals surface area contributed by atoms with Crippen molar-refractivity contribution in [3.05, 3.63) is 28.2 Å². The van der Waals surface area contributed by atoms with Crippen molar-refractivity contribution in [1.82, 2.24) is 4.90 Å². The van der Waals surface area contributed by atoms with Gasteiger partial charge in [-0.2, -0.15) is 0 Å². The van der Waals surface area contributed by atoms with E-state index >= 15 is 0 Å². The van der Waals surface area contributed by atoms with E-state index in [-0.39, 0.29) is 18.1 Å². The van der Waals surface area contributed by atoms with Crippen LogP contribution in [0.1, 0.15) is 19.3 Å². The fraction of sp³-hybridized carbons (Fsp3) is 0.429. The van der Waals surface area contributed by atoms with E-state index in [0.29, 0.717) is 22.2 Å². The molecule has 0 spiro atoms. The van der Waals surface area contributed by atoms with E-state index in [2.05, 4.69) is 5.32 Å². The van der Waals surface area contributed by atoms with Gasteiger partial charge < -0.3 is 15.3 Å². The molecular formula is C14H14Cl2N2O3. The van der Waals surface area contributed by atoms with Crippen LogP contribution in [0, 0.1) is 5.92 Å². The van der Waals surface area contributed by atoms with Gasteiger partial charge in [-0.25, -0.2) is 4.79 Å². The molecule has 2 aliphatic rings. The molecule has 1 aromatic carbocycles. The molecule has 0 aromatic heterocycles. The number of carbonyl (C=O) groups is 2. The molecule has 2 aliphatic heterocycles. The van der Waals surface area contributed by atoms with Gasteiger partial charge in [0.1, 0.15) is 0 Å². The average Bonchev–Trinajstić information content (AvgIpc) is 3.00. The minimum atomic E-state index is -0.833. The molecule has 112 valence electrons. The second kappa shape index (κ2) is 5.39. The number of benzene rings is 1. The fourth-order valence-corrected chi connectivity index (χ4v) is 3.68. The molecular weight excluding hydrogens is 315 g/mol. The van der Waals surface area contributed by atoms with Gasteiger partial charge in [-0.1, -0.05) is 23.2 Å². The number of nitrogens with one attached hydrogen (secondary N) is 1. The summed E-state index contributed by atoms with van der Waals surface area (Å²) < 4.78 is 0. The third-order valence-electron chi connectivity index (χ3n) is 4.26. The van der Waals surface area contributed by atoms with Crippen molar-refractivity contribution in [2.45, 2.75) is 31.3 Å². The number of aliphatic carboxylic acids is 1. The predicted octanol–water partition coefficient (Wildman–Crippen LogP) is 3.46. The highest BCUT2D eigenvalue weighted by molar-refractivity contribution is 6.35. The first-order valence-corrected chi connectivity index (χ1v) is 7.50. The molecule has 3 atom stereocenters. The van der Waals surface area contributed by atoms with Crippen molar-refractivity contribution in [3.8, 4) is 0 Å². The predicted molar refractivity (Wildman–Crippen MR) is 79.9 cm³/mol. The molecule has 0 saturated carbocycles. The van der Waals surface area contributed by atoms with Gasteiger partial charge in [0.05, 0.1) is 16.6 Å². The van der Waals surface area contributed by atoms with Crippen LogP contribution in [-0.2, 0) is 4.79 Å². The lowest BCUT2D eigenvalue weighted by atomic mass is 9.89. The zero-order valence-corrected chi connectivity index (χ0v) is 12.6. The molecule has 2 bridgehead atoms. The van der Waals surface area contributed by atoms with Crippen molar-refractivity contribution < 1.29 is 14.7 Å². The lowest BCUT2D eigenvalue weighted by Gasteiger charge is -2.23. The SMILES string of the molecule is O=C(O)C1CC2CCC1N2C(=O)Nc1cc(Cl)ccc1Cl. The highest BCUT2D eigenvalue weighted by atomic mass is 35.5. The number of urea groups is 1. The van der Waals surface area contributed by atoms with E-state index in [1.165, 1.54) is 0 Å². The largest absolute Gasteiger partial charge is 0.481 e. The average molecular weight is 329 g/mol. The number of anilines is 1. The van der Waals surface area contributed by atoms with Crippen LogP contribution < -0.4 is 5.32 Å². The Kier molecular flexibility index (Phi) is 3.71. The van der Waals surface area contributed by atoms with Crippen molar-refractivity contribution in [3.63, 3.8) is 0 Å². The number of carboxylic acid groups (broad SMARTS) is 1. The molecule has 2 heterocycles. The monoisotopic (exact) mass is 328 g/mol. The summed E-state index contributed by atoms with van der Waals surface area (Å²) in [5.74, 6) is -1.30. The van der Waals surface area contributed by atoms with Crippen molar-refractivity contribution in [2.24, 2.45) is 5.92 Å². The third-order valence-corrected chi connectivity index (χ3v) is 4.82. The zero-order chi connectivity index (χ0) is 15.1. The quantitative estimate of drug-likeness (QED) is 0.873. The molecule has 3 rings (SSSR count). The van der Waals surface area contributed by atoms with E-state index in [1.54, 1.807) is 23.1 Å². The first kappa shape index (κ1) is 14.5. The number of amides is 2. The Morgan fingerprint density at radius 2 is 2.05 bits per heavy atom. The summed E-state index contributed by atoms with van der Waals surface area (Å²) in [7, 11) is 0. The summed E-state index contributed by atoms with van der Waals surface area (Å²) in [5, 5.41) is 12.8. The first-order valence-electron chi connectivity index (χ1n) is 6.74. The molecule has 0 radical (unpaired) electrons. The molecule has 2 N–H and O–H groups in total. The van der Waals surface area contributed by atoms with Gasteiger partial charge in [-0.05, 0) is 37.5 Å². The van der Waals surface area contributed by atoms with Gasteiger partial charge in [0, 0.05) is 17.1 Å². The minimum absolute atomic E-state index is 0.00550. The van der Waals surface area contributed by atoms with Gasteiger partial charge in [-0.15, -0.1) is 0 Å². The number of fused-ring (bicyclic) bond motifs is 2. The molecule has 5 nitrogen and oxygen atoms in total. The molecule has 21 heavy (non-hydrogen) atoms. The summed E-state index contributed by atoms with van der Waals surface area (Å²) >= 11 is 11.9. The van der Waals surface area contributed by atoms with Crippen LogP contribution in [0.4, 0.5) is 10.5 Å². The molecule has 2 fully saturated rings. The van der Waals surface area contributed by atoms with E-state index in [9.17, 15) is 14.7 Å². The van der Waals surface area contributed by atoms with E-state index in [0.717, 1.165) is 12.8 Å². The molecule has 2 saturated heterocycles. The second-order valence-electron chi connectivity index (χ2n) is 5.44. The maximum atomic E-state index is 12.4. The van der Waals surface area contributed by atoms with Crippen LogP contribution >= 0.6 is 23.2 Å². The smallest absolute Gasteiger partial charge is 0.322 e. The summed E-state index contributed by atoms with van der Waals surface area (Å²) in [5.41, 5.74) is 0.437. The highest BCUT2D eigenvalue weighted by Gasteiger charge is 2.51. The molecule has 1 aromatic rings. The lowest BCUT2D eigenvalue weighted by molar-refractivity contribution is -0.142. The Bertz CT molecular complexity index is 608.